The number of carbonyl (C=O) groups excluding carboxylic acids is 2. The van der Waals surface area contributed by atoms with E-state index in [-0.39, 0.29) is 18.4 Å². The smallest absolute Gasteiger partial charge is 0.239 e. The monoisotopic (exact) mass is 321 g/mol. The van der Waals surface area contributed by atoms with Crippen molar-refractivity contribution in [1.29, 1.82) is 0 Å². The van der Waals surface area contributed by atoms with Crippen LogP contribution in [0.1, 0.15) is 13.3 Å². The zero-order valence-corrected chi connectivity index (χ0v) is 13.8. The predicted octanol–water partition coefficient (Wildman–Crippen LogP) is 1.55. The van der Waals surface area contributed by atoms with Crippen LogP contribution in [0.25, 0.3) is 0 Å². The number of rotatable bonds is 8. The van der Waals surface area contributed by atoms with Gasteiger partial charge in [-0.2, -0.15) is 0 Å². The normalized spacial score (nSPS) is 14.2. The van der Waals surface area contributed by atoms with Gasteiger partial charge in [0.05, 0.1) is 11.6 Å². The second kappa shape index (κ2) is 8.68. The number of benzene rings is 1. The lowest BCUT2D eigenvalue weighted by Crippen LogP contribution is -2.39. The van der Waals surface area contributed by atoms with Crippen LogP contribution in [-0.4, -0.2) is 54.5 Å². The minimum Gasteiger partial charge on any atom is -0.372 e. The van der Waals surface area contributed by atoms with E-state index in [0.29, 0.717) is 18.2 Å². The molecule has 2 rings (SSSR count). The molecular weight excluding hydrogens is 298 g/mol. The predicted molar refractivity (Wildman–Crippen MR) is 91.0 cm³/mol. The number of hydrogen-bond donors (Lipinski definition) is 1. The van der Waals surface area contributed by atoms with Crippen molar-refractivity contribution in [3.8, 4) is 0 Å². The molecule has 1 aliphatic heterocycles. The molecule has 22 heavy (non-hydrogen) atoms. The van der Waals surface area contributed by atoms with E-state index in [4.69, 9.17) is 0 Å². The molecule has 1 aliphatic rings. The highest BCUT2D eigenvalue weighted by molar-refractivity contribution is 8.00. The zero-order chi connectivity index (χ0) is 15.8. The SMILES string of the molecule is CCN(CCCNC(=O)CN1CSCC1=O)c1ccccc1. The van der Waals surface area contributed by atoms with E-state index in [1.807, 2.05) is 18.2 Å². The lowest BCUT2D eigenvalue weighted by molar-refractivity contribution is -0.132. The number of nitrogens with zero attached hydrogens (tertiary/aromatic N) is 2. The highest BCUT2D eigenvalue weighted by atomic mass is 32.2. The van der Waals surface area contributed by atoms with Crippen molar-refractivity contribution in [2.45, 2.75) is 13.3 Å². The van der Waals surface area contributed by atoms with Crippen molar-refractivity contribution in [3.63, 3.8) is 0 Å². The molecule has 0 saturated carbocycles. The lowest BCUT2D eigenvalue weighted by Gasteiger charge is -2.23. The molecule has 120 valence electrons. The van der Waals surface area contributed by atoms with Gasteiger partial charge >= 0.3 is 0 Å². The van der Waals surface area contributed by atoms with E-state index < -0.39 is 0 Å². The molecule has 6 heteroatoms. The van der Waals surface area contributed by atoms with E-state index in [9.17, 15) is 9.59 Å². The Balaban J connectivity index is 1.65. The summed E-state index contributed by atoms with van der Waals surface area (Å²) in [5.74, 6) is 1.11. The fourth-order valence-electron chi connectivity index (χ4n) is 2.38. The number of hydrogen-bond acceptors (Lipinski definition) is 4. The average molecular weight is 321 g/mol. The summed E-state index contributed by atoms with van der Waals surface area (Å²) in [4.78, 5) is 27.1. The maximum atomic E-state index is 11.8. The Hall–Kier alpha value is -1.69. The van der Waals surface area contributed by atoms with Gasteiger partial charge in [-0.1, -0.05) is 18.2 Å². The van der Waals surface area contributed by atoms with Gasteiger partial charge in [-0.25, -0.2) is 0 Å². The summed E-state index contributed by atoms with van der Waals surface area (Å²) in [6.45, 7) is 4.79. The molecule has 1 heterocycles. The first-order chi connectivity index (χ1) is 10.7. The molecule has 1 aromatic carbocycles. The van der Waals surface area contributed by atoms with Crippen molar-refractivity contribution < 1.29 is 9.59 Å². The van der Waals surface area contributed by atoms with Crippen LogP contribution in [0.4, 0.5) is 5.69 Å². The van der Waals surface area contributed by atoms with E-state index >= 15 is 0 Å². The lowest BCUT2D eigenvalue weighted by atomic mass is 10.2. The largest absolute Gasteiger partial charge is 0.372 e. The van der Waals surface area contributed by atoms with Crippen LogP contribution < -0.4 is 10.2 Å². The molecule has 0 atom stereocenters. The third kappa shape index (κ3) is 4.94. The van der Waals surface area contributed by atoms with Crippen molar-refractivity contribution in [3.05, 3.63) is 30.3 Å². The molecule has 1 saturated heterocycles. The molecule has 5 nitrogen and oxygen atoms in total. The van der Waals surface area contributed by atoms with E-state index in [1.165, 1.54) is 5.69 Å². The molecule has 0 radical (unpaired) electrons. The summed E-state index contributed by atoms with van der Waals surface area (Å²) in [5.41, 5.74) is 1.20. The Bertz CT molecular complexity index is 495. The Morgan fingerprint density at radius 1 is 1.36 bits per heavy atom. The molecule has 0 spiro atoms. The summed E-state index contributed by atoms with van der Waals surface area (Å²) in [6, 6.07) is 10.3. The number of para-hydroxylation sites is 1. The highest BCUT2D eigenvalue weighted by Crippen LogP contribution is 2.14. The molecule has 0 aliphatic carbocycles. The van der Waals surface area contributed by atoms with Crippen LogP contribution in [0, 0.1) is 0 Å². The summed E-state index contributed by atoms with van der Waals surface area (Å²) < 4.78 is 0. The molecule has 1 fully saturated rings. The molecule has 0 aromatic heterocycles. The van der Waals surface area contributed by atoms with Gasteiger partial charge in [0.1, 0.15) is 6.54 Å². The molecular formula is C16H23N3O2S. The molecule has 1 aromatic rings. The highest BCUT2D eigenvalue weighted by Gasteiger charge is 2.22. The quantitative estimate of drug-likeness (QED) is 0.738. The van der Waals surface area contributed by atoms with E-state index in [2.05, 4.69) is 29.3 Å². The van der Waals surface area contributed by atoms with Gasteiger partial charge in [-0.3, -0.25) is 9.59 Å². The fourth-order valence-corrected chi connectivity index (χ4v) is 3.28. The minimum absolute atomic E-state index is 0.0568. The Morgan fingerprint density at radius 3 is 2.77 bits per heavy atom. The van der Waals surface area contributed by atoms with Crippen LogP contribution in [0.3, 0.4) is 0 Å². The van der Waals surface area contributed by atoms with Crippen molar-refractivity contribution in [2.75, 3.05) is 42.7 Å². The maximum absolute atomic E-state index is 11.8. The second-order valence-corrected chi connectivity index (χ2v) is 6.14. The first-order valence-corrected chi connectivity index (χ1v) is 8.78. The van der Waals surface area contributed by atoms with Gasteiger partial charge in [0, 0.05) is 25.3 Å². The van der Waals surface area contributed by atoms with Crippen molar-refractivity contribution in [1.82, 2.24) is 10.2 Å². The Kier molecular flexibility index (Phi) is 6.58. The molecule has 0 bridgehead atoms. The molecule has 2 amide bonds. The summed E-state index contributed by atoms with van der Waals surface area (Å²) in [6.07, 6.45) is 0.886. The number of nitrogens with one attached hydrogen (secondary N) is 1. The van der Waals surface area contributed by atoms with E-state index in [1.54, 1.807) is 16.7 Å². The van der Waals surface area contributed by atoms with Crippen molar-refractivity contribution >= 4 is 29.3 Å². The summed E-state index contributed by atoms with van der Waals surface area (Å²) in [5, 5.41) is 2.89. The first-order valence-electron chi connectivity index (χ1n) is 7.63. The maximum Gasteiger partial charge on any atom is 0.239 e. The number of anilines is 1. The van der Waals surface area contributed by atoms with Gasteiger partial charge in [-0.05, 0) is 25.5 Å². The third-order valence-electron chi connectivity index (χ3n) is 3.59. The number of carbonyl (C=O) groups is 2. The van der Waals surface area contributed by atoms with Gasteiger partial charge in [-0.15, -0.1) is 11.8 Å². The second-order valence-electron chi connectivity index (χ2n) is 5.19. The van der Waals surface area contributed by atoms with Gasteiger partial charge in [0.25, 0.3) is 0 Å². The first kappa shape index (κ1) is 16.7. The molecule has 1 N–H and O–H groups in total. The summed E-state index contributed by atoms with van der Waals surface area (Å²) >= 11 is 1.55. The molecule has 0 unspecified atom stereocenters. The zero-order valence-electron chi connectivity index (χ0n) is 13.0. The number of thioether (sulfide) groups is 1. The average Bonchev–Trinajstić information content (AvgIpc) is 2.93. The summed E-state index contributed by atoms with van der Waals surface area (Å²) in [7, 11) is 0. The van der Waals surface area contributed by atoms with Crippen LogP contribution in [-0.2, 0) is 9.59 Å². The topological polar surface area (TPSA) is 52.7 Å². The van der Waals surface area contributed by atoms with Gasteiger partial charge < -0.3 is 15.1 Å². The Labute approximate surface area is 136 Å². The van der Waals surface area contributed by atoms with Gasteiger partial charge in [0.15, 0.2) is 0 Å². The van der Waals surface area contributed by atoms with Crippen molar-refractivity contribution in [2.24, 2.45) is 0 Å². The standard InChI is InChI=1S/C16H23N3O2S/c1-2-18(14-7-4-3-5-8-14)10-6-9-17-15(20)11-19-13-22-12-16(19)21/h3-5,7-8H,2,6,9-13H2,1H3,(H,17,20). The fraction of sp³-hybridized carbons (Fsp3) is 0.500. The van der Waals surface area contributed by atoms with Crippen LogP contribution >= 0.6 is 11.8 Å². The van der Waals surface area contributed by atoms with E-state index in [0.717, 1.165) is 19.5 Å². The third-order valence-corrected chi connectivity index (χ3v) is 4.54. The minimum atomic E-state index is -0.0707. The van der Waals surface area contributed by atoms with Crippen LogP contribution in [0.5, 0.6) is 0 Å². The Morgan fingerprint density at radius 2 is 2.14 bits per heavy atom. The van der Waals surface area contributed by atoms with Crippen LogP contribution in [0.2, 0.25) is 0 Å². The van der Waals surface area contributed by atoms with Crippen LogP contribution in [0.15, 0.2) is 30.3 Å². The number of amides is 2. The van der Waals surface area contributed by atoms with Gasteiger partial charge in [0.2, 0.25) is 11.8 Å².